The number of nitrogens with zero attached hydrogens (tertiary/aromatic N) is 2. The SMILES string of the molecule is COc1ccc([C@@]23C(=O)N(Nc4ccc(Cl)cc4Cl)C(=O)[C@@H]2C[C@@H]2C(=CC[C@@H]4C(=O)N(CCC(=O)O)C(=O)[C@@H]42)[C@@H]3c2c(O)cc(OC)cc2OC)cc1. The first-order chi connectivity index (χ1) is 25.4. The lowest BCUT2D eigenvalue weighted by molar-refractivity contribution is -0.143. The van der Waals surface area contributed by atoms with Crippen molar-refractivity contribution in [3.05, 3.63) is 87.4 Å². The fourth-order valence-corrected chi connectivity index (χ4v) is 9.27. The predicted octanol–water partition coefficient (Wildman–Crippen LogP) is 5.18. The molecule has 276 valence electrons. The van der Waals surface area contributed by atoms with Crippen LogP contribution in [-0.2, 0) is 29.4 Å². The molecule has 2 saturated heterocycles. The molecule has 4 amide bonds. The molecule has 6 atom stereocenters. The number of amides is 4. The van der Waals surface area contributed by atoms with Crippen molar-refractivity contribution < 1.29 is 48.4 Å². The molecule has 0 unspecified atom stereocenters. The third-order valence-corrected chi connectivity index (χ3v) is 11.6. The van der Waals surface area contributed by atoms with E-state index in [1.54, 1.807) is 36.4 Å². The number of aromatic hydroxyl groups is 1. The molecule has 1 saturated carbocycles. The fourth-order valence-electron chi connectivity index (χ4n) is 8.81. The van der Waals surface area contributed by atoms with Crippen LogP contribution in [0.3, 0.4) is 0 Å². The Morgan fingerprint density at radius 3 is 2.26 bits per heavy atom. The number of fused-ring (bicyclic) bond motifs is 4. The number of allylic oxidation sites excluding steroid dienone is 2. The number of aliphatic carboxylic acids is 1. The predicted molar refractivity (Wildman–Crippen MR) is 191 cm³/mol. The van der Waals surface area contributed by atoms with E-state index in [2.05, 4.69) is 5.43 Å². The van der Waals surface area contributed by atoms with Gasteiger partial charge < -0.3 is 24.4 Å². The number of hydrogen-bond donors (Lipinski definition) is 3. The zero-order chi connectivity index (χ0) is 37.9. The van der Waals surface area contributed by atoms with Crippen molar-refractivity contribution in [1.82, 2.24) is 9.91 Å². The molecule has 7 rings (SSSR count). The Labute approximate surface area is 314 Å². The van der Waals surface area contributed by atoms with Crippen molar-refractivity contribution in [2.45, 2.75) is 30.6 Å². The molecule has 4 aliphatic rings. The van der Waals surface area contributed by atoms with E-state index in [-0.39, 0.29) is 52.9 Å². The first-order valence-electron chi connectivity index (χ1n) is 16.8. The zero-order valence-electron chi connectivity index (χ0n) is 28.8. The number of halogens is 2. The van der Waals surface area contributed by atoms with Crippen LogP contribution in [0.5, 0.6) is 23.0 Å². The number of carboxylic acid groups (broad SMARTS) is 1. The normalized spacial score (nSPS) is 26.1. The number of likely N-dealkylation sites (tertiary alicyclic amines) is 1. The quantitative estimate of drug-likeness (QED) is 0.184. The van der Waals surface area contributed by atoms with Crippen LogP contribution in [0.15, 0.2) is 66.2 Å². The van der Waals surface area contributed by atoms with Gasteiger partial charge in [-0.05, 0) is 54.7 Å². The number of benzene rings is 3. The number of anilines is 1. The van der Waals surface area contributed by atoms with Crippen LogP contribution in [0.2, 0.25) is 10.0 Å². The standard InChI is InChI=1S/C38H35Cl2N3O10/c1-51-20-7-4-18(5-8-20)38-25(35(48)43(37(38)50)41-27-11-6-19(39)14-26(27)40)17-24-22(33(38)32-28(44)15-21(52-2)16-29(32)53-3)9-10-23-31(24)36(49)42(34(23)47)13-12-30(45)46/h4-9,11,14-16,23-25,31,33,41,44H,10,12-13,17H2,1-3H3,(H,45,46)/t23-,24+,25-,31-,33+,38+/m0/s1. The molecule has 2 heterocycles. The number of imide groups is 2. The lowest BCUT2D eigenvalue weighted by atomic mass is 9.49. The molecule has 3 aromatic carbocycles. The molecule has 15 heteroatoms. The van der Waals surface area contributed by atoms with E-state index in [9.17, 15) is 29.4 Å². The molecule has 3 N–H and O–H groups in total. The van der Waals surface area contributed by atoms with Crippen molar-refractivity contribution in [2.24, 2.45) is 23.7 Å². The van der Waals surface area contributed by atoms with Crippen LogP contribution in [0.4, 0.5) is 5.69 Å². The number of phenolic OH excluding ortho intramolecular Hbond substituents is 1. The van der Waals surface area contributed by atoms with Gasteiger partial charge in [0.2, 0.25) is 11.8 Å². The second-order valence-corrected chi connectivity index (χ2v) is 14.3. The number of ether oxygens (including phenoxy) is 3. The number of rotatable bonds is 10. The molecule has 0 radical (unpaired) electrons. The number of hydrogen-bond acceptors (Lipinski definition) is 10. The van der Waals surface area contributed by atoms with Crippen LogP contribution in [-0.4, -0.2) is 77.6 Å². The van der Waals surface area contributed by atoms with Crippen molar-refractivity contribution in [3.63, 3.8) is 0 Å². The minimum absolute atomic E-state index is 0.0301. The maximum Gasteiger partial charge on any atom is 0.305 e. The minimum atomic E-state index is -1.75. The number of nitrogens with one attached hydrogen (secondary N) is 1. The Hall–Kier alpha value is -5.27. The number of carbonyl (C=O) groups is 5. The van der Waals surface area contributed by atoms with Crippen LogP contribution in [0, 0.1) is 23.7 Å². The summed E-state index contributed by atoms with van der Waals surface area (Å²) < 4.78 is 16.7. The number of methoxy groups -OCH3 is 3. The number of phenols is 1. The molecule has 0 aromatic heterocycles. The van der Waals surface area contributed by atoms with Gasteiger partial charge in [0, 0.05) is 35.2 Å². The van der Waals surface area contributed by atoms with Crippen LogP contribution >= 0.6 is 23.2 Å². The van der Waals surface area contributed by atoms with E-state index in [0.717, 1.165) is 9.91 Å². The Balaban J connectivity index is 1.48. The fraction of sp³-hybridized carbons (Fsp3) is 0.342. The average molecular weight is 765 g/mol. The van der Waals surface area contributed by atoms with Gasteiger partial charge in [-0.1, -0.05) is 47.0 Å². The van der Waals surface area contributed by atoms with Crippen molar-refractivity contribution >= 4 is 58.5 Å². The smallest absolute Gasteiger partial charge is 0.305 e. The number of carboxylic acids is 1. The van der Waals surface area contributed by atoms with Gasteiger partial charge >= 0.3 is 5.97 Å². The highest BCUT2D eigenvalue weighted by atomic mass is 35.5. The molecule has 0 spiro atoms. The van der Waals surface area contributed by atoms with Crippen LogP contribution in [0.1, 0.15) is 36.3 Å². The van der Waals surface area contributed by atoms with Gasteiger partial charge in [0.05, 0.1) is 61.6 Å². The molecular formula is C38H35Cl2N3O10. The molecular weight excluding hydrogens is 729 g/mol. The zero-order valence-corrected chi connectivity index (χ0v) is 30.3. The topological polar surface area (TPSA) is 172 Å². The molecule has 53 heavy (non-hydrogen) atoms. The molecule has 3 aromatic rings. The van der Waals surface area contributed by atoms with Gasteiger partial charge in [0.25, 0.3) is 11.8 Å². The molecule has 0 bridgehead atoms. The maximum atomic E-state index is 15.4. The molecule has 2 aliphatic carbocycles. The largest absolute Gasteiger partial charge is 0.507 e. The van der Waals surface area contributed by atoms with Gasteiger partial charge in [-0.25, -0.2) is 0 Å². The summed E-state index contributed by atoms with van der Waals surface area (Å²) in [5, 5.41) is 22.6. The van der Waals surface area contributed by atoms with Crippen molar-refractivity contribution in [1.29, 1.82) is 0 Å². The summed E-state index contributed by atoms with van der Waals surface area (Å²) in [5.74, 6) is -7.65. The second kappa shape index (κ2) is 13.6. The lowest BCUT2D eigenvalue weighted by Crippen LogP contribution is -2.53. The third-order valence-electron chi connectivity index (χ3n) is 11.1. The summed E-state index contributed by atoms with van der Waals surface area (Å²) in [6.45, 7) is -0.297. The first kappa shape index (κ1) is 36.1. The molecule has 3 fully saturated rings. The van der Waals surface area contributed by atoms with Crippen LogP contribution in [0.25, 0.3) is 0 Å². The highest BCUT2D eigenvalue weighted by molar-refractivity contribution is 6.36. The first-order valence-corrected chi connectivity index (χ1v) is 17.6. The maximum absolute atomic E-state index is 15.4. The Morgan fingerprint density at radius 2 is 1.62 bits per heavy atom. The summed E-state index contributed by atoms with van der Waals surface area (Å²) in [4.78, 5) is 70.6. The van der Waals surface area contributed by atoms with Gasteiger partial charge in [0.15, 0.2) is 0 Å². The van der Waals surface area contributed by atoms with E-state index < -0.39 is 71.0 Å². The Morgan fingerprint density at radius 1 is 0.906 bits per heavy atom. The van der Waals surface area contributed by atoms with Crippen molar-refractivity contribution in [3.8, 4) is 23.0 Å². The summed E-state index contributed by atoms with van der Waals surface area (Å²) in [6, 6.07) is 14.2. The number of hydrazine groups is 1. The van der Waals surface area contributed by atoms with Crippen LogP contribution < -0.4 is 19.6 Å². The summed E-state index contributed by atoms with van der Waals surface area (Å²) in [7, 11) is 4.32. The van der Waals surface area contributed by atoms with Gasteiger partial charge in [0.1, 0.15) is 23.0 Å². The number of carbonyl (C=O) groups excluding carboxylic acids is 4. The molecule has 2 aliphatic heterocycles. The van der Waals surface area contributed by atoms with E-state index in [1.807, 2.05) is 6.08 Å². The van der Waals surface area contributed by atoms with E-state index in [4.69, 9.17) is 37.4 Å². The highest BCUT2D eigenvalue weighted by Gasteiger charge is 2.71. The Bertz CT molecular complexity index is 2090. The highest BCUT2D eigenvalue weighted by Crippen LogP contribution is 2.66. The minimum Gasteiger partial charge on any atom is -0.507 e. The van der Waals surface area contributed by atoms with Gasteiger partial charge in [-0.15, -0.1) is 0 Å². The van der Waals surface area contributed by atoms with E-state index >= 15 is 4.79 Å². The second-order valence-electron chi connectivity index (χ2n) is 13.4. The van der Waals surface area contributed by atoms with Gasteiger partial charge in [-0.3, -0.25) is 34.3 Å². The summed E-state index contributed by atoms with van der Waals surface area (Å²) in [5.41, 5.74) is 2.56. The van der Waals surface area contributed by atoms with E-state index in [0.29, 0.717) is 21.9 Å². The summed E-state index contributed by atoms with van der Waals surface area (Å²) >= 11 is 12.7. The lowest BCUT2D eigenvalue weighted by Gasteiger charge is -2.50. The summed E-state index contributed by atoms with van der Waals surface area (Å²) in [6.07, 6.45) is 1.47. The average Bonchev–Trinajstić information content (AvgIpc) is 3.51. The van der Waals surface area contributed by atoms with Gasteiger partial charge in [-0.2, -0.15) is 5.01 Å². The molecule has 13 nitrogen and oxygen atoms in total. The monoisotopic (exact) mass is 763 g/mol. The van der Waals surface area contributed by atoms with Crippen molar-refractivity contribution in [2.75, 3.05) is 33.3 Å². The Kier molecular flexibility index (Phi) is 9.27. The van der Waals surface area contributed by atoms with E-state index in [1.165, 1.54) is 39.5 Å². The third kappa shape index (κ3) is 5.56.